The number of piperazine rings is 1. The summed E-state index contributed by atoms with van der Waals surface area (Å²) in [5, 5.41) is 13.8. The molecule has 1 saturated heterocycles. The second-order valence-corrected chi connectivity index (χ2v) is 7.65. The number of nitrogens with one attached hydrogen (secondary N) is 1. The van der Waals surface area contributed by atoms with Crippen molar-refractivity contribution in [1.82, 2.24) is 9.80 Å². The number of hydrogen-bond donors (Lipinski definition) is 1. The van der Waals surface area contributed by atoms with Crippen LogP contribution in [-0.2, 0) is 9.53 Å². The second kappa shape index (κ2) is 8.53. The lowest BCUT2D eigenvalue weighted by molar-refractivity contribution is -0.383. The molecule has 0 bridgehead atoms. The highest BCUT2D eigenvalue weighted by Crippen LogP contribution is 2.27. The number of benzene rings is 1. The zero-order chi connectivity index (χ0) is 20.2. The third-order valence-corrected chi connectivity index (χ3v) is 4.06. The minimum Gasteiger partial charge on any atom is -0.444 e. The van der Waals surface area contributed by atoms with Crippen molar-refractivity contribution in [3.8, 4) is 0 Å². The first-order valence-electron chi connectivity index (χ1n) is 8.49. The van der Waals surface area contributed by atoms with E-state index in [1.807, 2.05) is 4.90 Å². The average Bonchev–Trinajstić information content (AvgIpc) is 2.55. The van der Waals surface area contributed by atoms with Gasteiger partial charge in [-0.25, -0.2) is 4.79 Å². The van der Waals surface area contributed by atoms with Gasteiger partial charge in [0.05, 0.1) is 11.5 Å². The highest BCUT2D eigenvalue weighted by molar-refractivity contribution is 6.31. The molecule has 0 aliphatic carbocycles. The van der Waals surface area contributed by atoms with Crippen molar-refractivity contribution in [1.29, 1.82) is 0 Å². The van der Waals surface area contributed by atoms with Crippen LogP contribution in [0.15, 0.2) is 18.2 Å². The quantitative estimate of drug-likeness (QED) is 0.617. The van der Waals surface area contributed by atoms with Gasteiger partial charge in [0.15, 0.2) is 0 Å². The van der Waals surface area contributed by atoms with Crippen molar-refractivity contribution >= 4 is 35.0 Å². The maximum absolute atomic E-state index is 12.2. The van der Waals surface area contributed by atoms with Crippen molar-refractivity contribution in [2.45, 2.75) is 26.4 Å². The smallest absolute Gasteiger partial charge is 0.410 e. The topological polar surface area (TPSA) is 105 Å². The van der Waals surface area contributed by atoms with Crippen LogP contribution in [0.25, 0.3) is 0 Å². The van der Waals surface area contributed by atoms with Gasteiger partial charge in [0.25, 0.3) is 5.69 Å². The van der Waals surface area contributed by atoms with Crippen LogP contribution < -0.4 is 5.32 Å². The summed E-state index contributed by atoms with van der Waals surface area (Å²) in [7, 11) is 0. The molecule has 0 radical (unpaired) electrons. The number of rotatable bonds is 4. The van der Waals surface area contributed by atoms with Crippen LogP contribution in [0.4, 0.5) is 16.2 Å². The number of hydrogen-bond acceptors (Lipinski definition) is 6. The Morgan fingerprint density at radius 1 is 1.26 bits per heavy atom. The van der Waals surface area contributed by atoms with E-state index in [4.69, 9.17) is 16.3 Å². The van der Waals surface area contributed by atoms with Crippen molar-refractivity contribution in [3.05, 3.63) is 33.3 Å². The summed E-state index contributed by atoms with van der Waals surface area (Å²) in [5.74, 6) is -0.369. The number of anilines is 1. The van der Waals surface area contributed by atoms with Gasteiger partial charge >= 0.3 is 6.09 Å². The van der Waals surface area contributed by atoms with Gasteiger partial charge in [-0.2, -0.15) is 0 Å². The van der Waals surface area contributed by atoms with Crippen LogP contribution in [0.3, 0.4) is 0 Å². The molecule has 1 N–H and O–H groups in total. The summed E-state index contributed by atoms with van der Waals surface area (Å²) in [4.78, 5) is 38.2. The van der Waals surface area contributed by atoms with Crippen molar-refractivity contribution in [3.63, 3.8) is 0 Å². The molecule has 1 fully saturated rings. The molecule has 148 valence electrons. The summed E-state index contributed by atoms with van der Waals surface area (Å²) < 4.78 is 5.33. The Hall–Kier alpha value is -2.39. The van der Waals surface area contributed by atoms with Gasteiger partial charge in [0.1, 0.15) is 11.3 Å². The van der Waals surface area contributed by atoms with Crippen molar-refractivity contribution in [2.75, 3.05) is 38.0 Å². The van der Waals surface area contributed by atoms with E-state index in [0.29, 0.717) is 26.2 Å². The largest absolute Gasteiger partial charge is 0.444 e. The monoisotopic (exact) mass is 398 g/mol. The first-order chi connectivity index (χ1) is 12.5. The number of halogens is 1. The molecule has 0 unspecified atom stereocenters. The lowest BCUT2D eigenvalue weighted by Crippen LogP contribution is -2.51. The van der Waals surface area contributed by atoms with E-state index in [-0.39, 0.29) is 34.9 Å². The van der Waals surface area contributed by atoms with Gasteiger partial charge in [-0.3, -0.25) is 19.8 Å². The molecular formula is C17H23ClN4O5. The summed E-state index contributed by atoms with van der Waals surface area (Å²) in [6.45, 7) is 7.41. The Bertz CT molecular complexity index is 727. The summed E-state index contributed by atoms with van der Waals surface area (Å²) in [6.07, 6.45) is -0.372. The number of nitro groups is 1. The number of nitrogens with zero attached hydrogens (tertiary/aromatic N) is 3. The Morgan fingerprint density at radius 3 is 2.44 bits per heavy atom. The molecule has 1 heterocycles. The third kappa shape index (κ3) is 6.37. The van der Waals surface area contributed by atoms with E-state index in [1.54, 1.807) is 25.7 Å². The molecule has 1 aromatic rings. The third-order valence-electron chi connectivity index (χ3n) is 3.82. The molecule has 1 aromatic carbocycles. The molecule has 10 heteroatoms. The molecule has 0 spiro atoms. The van der Waals surface area contributed by atoms with Gasteiger partial charge in [-0.1, -0.05) is 11.6 Å². The van der Waals surface area contributed by atoms with Gasteiger partial charge in [0, 0.05) is 37.3 Å². The van der Waals surface area contributed by atoms with E-state index in [9.17, 15) is 19.7 Å². The van der Waals surface area contributed by atoms with E-state index in [0.717, 1.165) is 0 Å². The number of amides is 2. The lowest BCUT2D eigenvalue weighted by Gasteiger charge is -2.35. The van der Waals surface area contributed by atoms with E-state index in [2.05, 4.69) is 5.32 Å². The average molecular weight is 399 g/mol. The molecule has 2 amide bonds. The highest BCUT2D eigenvalue weighted by Gasteiger charge is 2.27. The maximum Gasteiger partial charge on any atom is 0.410 e. The minimum absolute atomic E-state index is 0.0714. The minimum atomic E-state index is -0.596. The maximum atomic E-state index is 12.2. The Labute approximate surface area is 162 Å². The van der Waals surface area contributed by atoms with Crippen molar-refractivity contribution < 1.29 is 19.2 Å². The number of nitro benzene ring substituents is 1. The van der Waals surface area contributed by atoms with Crippen LogP contribution >= 0.6 is 11.6 Å². The number of ether oxygens (including phenoxy) is 1. The fourth-order valence-electron chi connectivity index (χ4n) is 2.57. The van der Waals surface area contributed by atoms with E-state index >= 15 is 0 Å². The highest BCUT2D eigenvalue weighted by atomic mass is 35.5. The lowest BCUT2D eigenvalue weighted by atomic mass is 10.2. The van der Waals surface area contributed by atoms with Gasteiger partial charge in [0.2, 0.25) is 5.91 Å². The molecule has 9 nitrogen and oxygen atoms in total. The molecule has 1 aliphatic heterocycles. The Morgan fingerprint density at radius 2 is 1.89 bits per heavy atom. The van der Waals surface area contributed by atoms with Gasteiger partial charge in [-0.05, 0) is 32.9 Å². The molecule has 0 saturated carbocycles. The first-order valence-corrected chi connectivity index (χ1v) is 8.87. The second-order valence-electron chi connectivity index (χ2n) is 7.21. The van der Waals surface area contributed by atoms with E-state index < -0.39 is 10.5 Å². The molecule has 0 aromatic heterocycles. The molecule has 2 rings (SSSR count). The molecule has 27 heavy (non-hydrogen) atoms. The fraction of sp³-hybridized carbons (Fsp3) is 0.529. The Kier molecular flexibility index (Phi) is 6.61. The summed E-state index contributed by atoms with van der Waals surface area (Å²) in [6, 6.07) is 4.07. The Balaban J connectivity index is 1.86. The zero-order valence-electron chi connectivity index (χ0n) is 15.5. The predicted octanol–water partition coefficient (Wildman–Crippen LogP) is 2.74. The normalized spacial score (nSPS) is 15.3. The van der Waals surface area contributed by atoms with Crippen molar-refractivity contribution in [2.24, 2.45) is 0 Å². The zero-order valence-corrected chi connectivity index (χ0v) is 16.3. The molecule has 1 aliphatic rings. The fourth-order valence-corrected chi connectivity index (χ4v) is 2.74. The standard InChI is InChI=1S/C17H23ClN4O5/c1-17(2,3)27-16(24)21-8-6-20(7-9-21)11-15(23)19-13-5-4-12(18)10-14(13)22(25)26/h4-5,10H,6-9,11H2,1-3H3,(H,19,23). The number of carbonyl (C=O) groups excluding carboxylic acids is 2. The van der Waals surface area contributed by atoms with Crippen LogP contribution in [0.5, 0.6) is 0 Å². The number of carbonyl (C=O) groups is 2. The van der Waals surface area contributed by atoms with Crippen LogP contribution in [0.2, 0.25) is 5.02 Å². The van der Waals surface area contributed by atoms with Crippen LogP contribution in [-0.4, -0.2) is 65.0 Å². The SMILES string of the molecule is CC(C)(C)OC(=O)N1CCN(CC(=O)Nc2ccc(Cl)cc2[N+](=O)[O-])CC1. The van der Waals surface area contributed by atoms with Crippen LogP contribution in [0.1, 0.15) is 20.8 Å². The summed E-state index contributed by atoms with van der Waals surface area (Å²) in [5.41, 5.74) is -0.714. The predicted molar refractivity (Wildman–Crippen MR) is 101 cm³/mol. The molecule has 0 atom stereocenters. The summed E-state index contributed by atoms with van der Waals surface area (Å²) >= 11 is 5.76. The molecular weight excluding hydrogens is 376 g/mol. The van der Waals surface area contributed by atoms with Gasteiger partial charge in [-0.15, -0.1) is 0 Å². The first kappa shape index (κ1) is 20.9. The van der Waals surface area contributed by atoms with Gasteiger partial charge < -0.3 is 15.0 Å². The van der Waals surface area contributed by atoms with E-state index in [1.165, 1.54) is 18.2 Å². The van der Waals surface area contributed by atoms with Crippen LogP contribution in [0, 0.1) is 10.1 Å².